The van der Waals surface area contributed by atoms with E-state index in [4.69, 9.17) is 28.4 Å². The summed E-state index contributed by atoms with van der Waals surface area (Å²) < 4.78 is 32.4. The van der Waals surface area contributed by atoms with Gasteiger partial charge in [-0.3, -0.25) is 34.0 Å². The molecular weight excluding hydrogens is 536 g/mol. The molecule has 13 nitrogen and oxygen atoms in total. The van der Waals surface area contributed by atoms with Crippen molar-refractivity contribution in [3.63, 3.8) is 0 Å². The van der Waals surface area contributed by atoms with Crippen LogP contribution in [0.2, 0.25) is 0 Å². The third kappa shape index (κ3) is 15.8. The summed E-state index contributed by atoms with van der Waals surface area (Å²) >= 11 is 0. The summed E-state index contributed by atoms with van der Waals surface area (Å²) in [6, 6.07) is 0. The molecule has 0 aromatic rings. The van der Waals surface area contributed by atoms with E-state index >= 15 is 0 Å². The van der Waals surface area contributed by atoms with Crippen molar-refractivity contribution in [3.8, 4) is 0 Å². The van der Waals surface area contributed by atoms with Gasteiger partial charge in [0.05, 0.1) is 64.7 Å². The highest BCUT2D eigenvalue weighted by Gasteiger charge is 2.34. The quantitative estimate of drug-likeness (QED) is 0.165. The molecule has 1 heterocycles. The summed E-state index contributed by atoms with van der Waals surface area (Å²) in [5, 5.41) is 0. The maximum atomic E-state index is 12.4. The molecule has 1 rings (SSSR count). The van der Waals surface area contributed by atoms with Crippen molar-refractivity contribution in [2.45, 2.75) is 20.8 Å². The van der Waals surface area contributed by atoms with Crippen LogP contribution in [0.3, 0.4) is 0 Å². The average molecular weight is 591 g/mol. The highest BCUT2D eigenvalue weighted by molar-refractivity contribution is 5.72. The third-order valence-corrected chi connectivity index (χ3v) is 6.81. The van der Waals surface area contributed by atoms with Crippen LogP contribution >= 0.6 is 0 Å². The van der Waals surface area contributed by atoms with Crippen molar-refractivity contribution in [2.24, 2.45) is 5.41 Å². The van der Waals surface area contributed by atoms with Gasteiger partial charge in [-0.1, -0.05) is 0 Å². The standard InChI is InChI=1S/C28H54N4O9/c1-7-39-25(33)18-29-10-12-30(19-26(34)40-8-2)14-16-32(21-28(22-36-4,23-37-5)24-38-6)17-15-31(13-11-29)20-27(35)41-9-3/h7-24H2,1-6H3. The van der Waals surface area contributed by atoms with E-state index < -0.39 is 5.41 Å². The summed E-state index contributed by atoms with van der Waals surface area (Å²) in [5.41, 5.74) is -0.399. The van der Waals surface area contributed by atoms with Crippen molar-refractivity contribution in [1.29, 1.82) is 0 Å². The summed E-state index contributed by atoms with van der Waals surface area (Å²) in [7, 11) is 5.00. The Hall–Kier alpha value is -1.87. The highest BCUT2D eigenvalue weighted by atomic mass is 16.5. The van der Waals surface area contributed by atoms with Crippen LogP contribution in [0.4, 0.5) is 0 Å². The van der Waals surface area contributed by atoms with Gasteiger partial charge in [-0.05, 0) is 20.8 Å². The van der Waals surface area contributed by atoms with Gasteiger partial charge >= 0.3 is 17.9 Å². The molecule has 13 heteroatoms. The molecule has 1 aliphatic heterocycles. The predicted molar refractivity (Wildman–Crippen MR) is 154 cm³/mol. The first-order chi connectivity index (χ1) is 19.7. The molecule has 0 spiro atoms. The van der Waals surface area contributed by atoms with Gasteiger partial charge in [-0.2, -0.15) is 0 Å². The van der Waals surface area contributed by atoms with Gasteiger partial charge in [0.1, 0.15) is 0 Å². The SMILES string of the molecule is CCOC(=O)CN1CCN(CC(=O)OCC)CCN(CC(COC)(COC)COC)CCN(CC(=O)OCC)CC1. The second-order valence-electron chi connectivity index (χ2n) is 10.3. The maximum Gasteiger partial charge on any atom is 0.320 e. The minimum atomic E-state index is -0.399. The lowest BCUT2D eigenvalue weighted by atomic mass is 9.90. The first-order valence-corrected chi connectivity index (χ1v) is 14.6. The molecule has 1 aliphatic rings. The summed E-state index contributed by atoms with van der Waals surface area (Å²) in [6.07, 6.45) is 0. The number of esters is 3. The van der Waals surface area contributed by atoms with E-state index in [1.165, 1.54) is 0 Å². The molecule has 1 fully saturated rings. The minimum absolute atomic E-state index is 0.133. The van der Waals surface area contributed by atoms with Crippen LogP contribution in [0.15, 0.2) is 0 Å². The van der Waals surface area contributed by atoms with Crippen LogP contribution in [0.25, 0.3) is 0 Å². The number of ether oxygens (including phenoxy) is 6. The number of hydrogen-bond acceptors (Lipinski definition) is 13. The zero-order valence-electron chi connectivity index (χ0n) is 26.2. The van der Waals surface area contributed by atoms with Crippen molar-refractivity contribution in [3.05, 3.63) is 0 Å². The number of carbonyl (C=O) groups is 3. The predicted octanol–water partition coefficient (Wildman–Crippen LogP) is -0.177. The van der Waals surface area contributed by atoms with Gasteiger partial charge in [0.25, 0.3) is 0 Å². The molecule has 0 aromatic heterocycles. The Bertz CT molecular complexity index is 690. The number of methoxy groups -OCH3 is 3. The van der Waals surface area contributed by atoms with E-state index in [-0.39, 0.29) is 37.5 Å². The molecule has 0 N–H and O–H groups in total. The average Bonchev–Trinajstić information content (AvgIpc) is 2.91. The zero-order valence-corrected chi connectivity index (χ0v) is 26.2. The van der Waals surface area contributed by atoms with Gasteiger partial charge in [-0.25, -0.2) is 0 Å². The molecule has 0 radical (unpaired) electrons. The lowest BCUT2D eigenvalue weighted by Crippen LogP contribution is -2.52. The van der Waals surface area contributed by atoms with Crippen LogP contribution in [0.5, 0.6) is 0 Å². The largest absolute Gasteiger partial charge is 0.465 e. The highest BCUT2D eigenvalue weighted by Crippen LogP contribution is 2.21. The maximum absolute atomic E-state index is 12.4. The lowest BCUT2D eigenvalue weighted by molar-refractivity contribution is -0.146. The summed E-state index contributed by atoms with van der Waals surface area (Å²) in [6.45, 7) is 13.5. The molecule has 0 unspecified atom stereocenters. The van der Waals surface area contributed by atoms with Crippen molar-refractivity contribution < 1.29 is 42.8 Å². The second kappa shape index (κ2) is 21.8. The van der Waals surface area contributed by atoms with E-state index in [9.17, 15) is 14.4 Å². The molecular formula is C28H54N4O9. The minimum Gasteiger partial charge on any atom is -0.465 e. The Kier molecular flexibility index (Phi) is 19.7. The first-order valence-electron chi connectivity index (χ1n) is 14.6. The number of nitrogens with zero attached hydrogens (tertiary/aromatic N) is 4. The van der Waals surface area contributed by atoms with Gasteiger partial charge in [-0.15, -0.1) is 0 Å². The fourth-order valence-corrected chi connectivity index (χ4v) is 5.03. The molecule has 0 bridgehead atoms. The van der Waals surface area contributed by atoms with E-state index in [2.05, 4.69) is 14.7 Å². The molecule has 0 atom stereocenters. The molecule has 0 aliphatic carbocycles. The summed E-state index contributed by atoms with van der Waals surface area (Å²) in [4.78, 5) is 45.6. The van der Waals surface area contributed by atoms with Crippen LogP contribution in [0, 0.1) is 5.41 Å². The van der Waals surface area contributed by atoms with Crippen LogP contribution in [-0.2, 0) is 42.8 Å². The number of rotatable bonds is 17. The normalized spacial score (nSPS) is 17.4. The Morgan fingerprint density at radius 1 is 0.512 bits per heavy atom. The molecule has 1 saturated heterocycles. The van der Waals surface area contributed by atoms with Gasteiger partial charge in [0.15, 0.2) is 0 Å². The summed E-state index contributed by atoms with van der Waals surface area (Å²) in [5.74, 6) is -0.863. The second-order valence-corrected chi connectivity index (χ2v) is 10.3. The Morgan fingerprint density at radius 3 is 1.02 bits per heavy atom. The van der Waals surface area contributed by atoms with Crippen LogP contribution in [-0.4, -0.2) is 177 Å². The topological polar surface area (TPSA) is 120 Å². The molecule has 0 amide bonds. The third-order valence-electron chi connectivity index (χ3n) is 6.81. The van der Waals surface area contributed by atoms with E-state index in [0.717, 1.165) is 0 Å². The monoisotopic (exact) mass is 590 g/mol. The molecule has 0 aromatic carbocycles. The first kappa shape index (κ1) is 37.2. The number of carbonyl (C=O) groups excluding carboxylic acids is 3. The van der Waals surface area contributed by atoms with E-state index in [1.807, 2.05) is 4.90 Å². The zero-order chi connectivity index (χ0) is 30.5. The fraction of sp³-hybridized carbons (Fsp3) is 0.893. The Morgan fingerprint density at radius 2 is 0.780 bits per heavy atom. The van der Waals surface area contributed by atoms with Crippen molar-refractivity contribution >= 4 is 17.9 Å². The fourth-order valence-electron chi connectivity index (χ4n) is 5.03. The Labute approximate surface area is 246 Å². The van der Waals surface area contributed by atoms with Crippen molar-refractivity contribution in [1.82, 2.24) is 19.6 Å². The van der Waals surface area contributed by atoms with E-state index in [0.29, 0.717) is 98.5 Å². The van der Waals surface area contributed by atoms with E-state index in [1.54, 1.807) is 42.1 Å². The smallest absolute Gasteiger partial charge is 0.320 e. The molecule has 0 saturated carbocycles. The van der Waals surface area contributed by atoms with Crippen LogP contribution < -0.4 is 0 Å². The lowest BCUT2D eigenvalue weighted by Gasteiger charge is -2.39. The van der Waals surface area contributed by atoms with Gasteiger partial charge in [0, 0.05) is 80.2 Å². The molecule has 41 heavy (non-hydrogen) atoms. The Balaban J connectivity index is 3.24. The molecule has 240 valence electrons. The van der Waals surface area contributed by atoms with Crippen LogP contribution in [0.1, 0.15) is 20.8 Å². The van der Waals surface area contributed by atoms with Gasteiger partial charge < -0.3 is 28.4 Å². The van der Waals surface area contributed by atoms with Gasteiger partial charge in [0.2, 0.25) is 0 Å². The van der Waals surface area contributed by atoms with Crippen molar-refractivity contribution in [2.75, 3.05) is 140 Å². The number of hydrogen-bond donors (Lipinski definition) is 0.